The number of aromatic nitrogens is 1. The molecular weight excluding hydrogens is 264 g/mol. The quantitative estimate of drug-likeness (QED) is 0.922. The summed E-state index contributed by atoms with van der Waals surface area (Å²) >= 11 is 0. The van der Waals surface area contributed by atoms with Crippen molar-refractivity contribution in [2.75, 3.05) is 13.2 Å². The first kappa shape index (κ1) is 14.1. The van der Waals surface area contributed by atoms with Crippen LogP contribution in [0.4, 0.5) is 0 Å². The largest absolute Gasteiger partial charge is 0.379 e. The fraction of sp³-hybridized carbons (Fsp3) is 0.471. The van der Waals surface area contributed by atoms with E-state index in [4.69, 9.17) is 4.74 Å². The molecule has 1 fully saturated rings. The van der Waals surface area contributed by atoms with E-state index in [0.717, 1.165) is 41.6 Å². The molecule has 0 saturated carbocycles. The van der Waals surface area contributed by atoms with Gasteiger partial charge in [0.25, 0.3) is 5.91 Å². The summed E-state index contributed by atoms with van der Waals surface area (Å²) in [5.41, 5.74) is 4.11. The van der Waals surface area contributed by atoms with Crippen molar-refractivity contribution in [3.05, 3.63) is 35.0 Å². The van der Waals surface area contributed by atoms with Crippen molar-refractivity contribution in [3.63, 3.8) is 0 Å². The third-order valence-electron chi connectivity index (χ3n) is 4.32. The maximum atomic E-state index is 12.6. The first-order chi connectivity index (χ1) is 10.1. The number of amides is 1. The molecule has 1 aliphatic heterocycles. The van der Waals surface area contributed by atoms with Crippen LogP contribution in [0, 0.1) is 13.8 Å². The van der Waals surface area contributed by atoms with Crippen LogP contribution in [-0.4, -0.2) is 29.7 Å². The number of nitrogens with zero attached hydrogens (tertiary/aromatic N) is 1. The van der Waals surface area contributed by atoms with E-state index in [-0.39, 0.29) is 11.9 Å². The Bertz CT molecular complexity index is 682. The number of benzene rings is 1. The molecule has 1 atom stereocenters. The Kier molecular flexibility index (Phi) is 3.72. The second kappa shape index (κ2) is 5.53. The van der Waals surface area contributed by atoms with Crippen molar-refractivity contribution < 1.29 is 9.53 Å². The minimum Gasteiger partial charge on any atom is -0.379 e. The van der Waals surface area contributed by atoms with Crippen LogP contribution in [0.25, 0.3) is 10.9 Å². The van der Waals surface area contributed by atoms with E-state index in [9.17, 15) is 4.79 Å². The third-order valence-corrected chi connectivity index (χ3v) is 4.32. The monoisotopic (exact) mass is 286 g/mol. The number of carbonyl (C=O) groups excluding carboxylic acids is 1. The average Bonchev–Trinajstić information content (AvgIpc) is 2.71. The fourth-order valence-corrected chi connectivity index (χ4v) is 3.17. The van der Waals surface area contributed by atoms with Crippen molar-refractivity contribution >= 4 is 16.8 Å². The molecule has 2 aromatic rings. The lowest BCUT2D eigenvalue weighted by molar-refractivity contribution is 0.0620. The molecule has 0 spiro atoms. The van der Waals surface area contributed by atoms with Crippen LogP contribution in [0.3, 0.4) is 0 Å². The summed E-state index contributed by atoms with van der Waals surface area (Å²) in [6.07, 6.45) is 2.01. The van der Waals surface area contributed by atoms with Crippen LogP contribution >= 0.6 is 0 Å². The smallest absolute Gasteiger partial charge is 0.268 e. The molecule has 0 bridgehead atoms. The molecule has 0 aliphatic carbocycles. The molecule has 1 amide bonds. The van der Waals surface area contributed by atoms with Crippen molar-refractivity contribution in [1.29, 1.82) is 0 Å². The maximum Gasteiger partial charge on any atom is 0.268 e. The highest BCUT2D eigenvalue weighted by Gasteiger charge is 2.22. The lowest BCUT2D eigenvalue weighted by Gasteiger charge is -2.23. The Morgan fingerprint density at radius 1 is 1.38 bits per heavy atom. The first-order valence-corrected chi connectivity index (χ1v) is 7.52. The molecule has 4 heteroatoms. The van der Waals surface area contributed by atoms with E-state index in [1.807, 2.05) is 18.5 Å². The van der Waals surface area contributed by atoms with Gasteiger partial charge in [0.1, 0.15) is 5.69 Å². The molecule has 1 unspecified atom stereocenters. The molecule has 1 aliphatic rings. The first-order valence-electron chi connectivity index (χ1n) is 7.52. The maximum absolute atomic E-state index is 12.6. The van der Waals surface area contributed by atoms with Gasteiger partial charge in [-0.15, -0.1) is 0 Å². The van der Waals surface area contributed by atoms with Crippen molar-refractivity contribution in [2.24, 2.45) is 7.05 Å². The van der Waals surface area contributed by atoms with E-state index in [0.29, 0.717) is 6.61 Å². The highest BCUT2D eigenvalue weighted by molar-refractivity contribution is 6.01. The number of carbonyl (C=O) groups is 1. The summed E-state index contributed by atoms with van der Waals surface area (Å²) in [4.78, 5) is 12.6. The molecule has 2 heterocycles. The van der Waals surface area contributed by atoms with Gasteiger partial charge in [-0.05, 0) is 44.4 Å². The molecule has 21 heavy (non-hydrogen) atoms. The predicted molar refractivity (Wildman–Crippen MR) is 83.7 cm³/mol. The van der Waals surface area contributed by atoms with Crippen LogP contribution < -0.4 is 5.32 Å². The van der Waals surface area contributed by atoms with Crippen molar-refractivity contribution in [3.8, 4) is 0 Å². The van der Waals surface area contributed by atoms with Crippen LogP contribution in [-0.2, 0) is 11.8 Å². The van der Waals surface area contributed by atoms with E-state index in [2.05, 4.69) is 30.4 Å². The van der Waals surface area contributed by atoms with E-state index < -0.39 is 0 Å². The van der Waals surface area contributed by atoms with Crippen molar-refractivity contribution in [2.45, 2.75) is 32.7 Å². The summed E-state index contributed by atoms with van der Waals surface area (Å²) in [5, 5.41) is 4.26. The summed E-state index contributed by atoms with van der Waals surface area (Å²) in [7, 11) is 1.96. The fourth-order valence-electron chi connectivity index (χ4n) is 3.17. The molecule has 1 aromatic heterocycles. The summed E-state index contributed by atoms with van der Waals surface area (Å²) in [6.45, 7) is 5.52. The zero-order valence-corrected chi connectivity index (χ0v) is 12.9. The van der Waals surface area contributed by atoms with Gasteiger partial charge >= 0.3 is 0 Å². The Labute approximate surface area is 125 Å². The number of hydrogen-bond donors (Lipinski definition) is 1. The van der Waals surface area contributed by atoms with Crippen LogP contribution in [0.15, 0.2) is 18.2 Å². The van der Waals surface area contributed by atoms with Gasteiger partial charge < -0.3 is 14.6 Å². The number of aryl methyl sites for hydroxylation is 3. The number of rotatable bonds is 2. The van der Waals surface area contributed by atoms with Gasteiger partial charge in [-0.3, -0.25) is 4.79 Å². The van der Waals surface area contributed by atoms with Crippen LogP contribution in [0.1, 0.15) is 34.5 Å². The van der Waals surface area contributed by atoms with Gasteiger partial charge in [0.05, 0.1) is 12.6 Å². The number of ether oxygens (including phenoxy) is 1. The zero-order chi connectivity index (χ0) is 15.0. The minimum atomic E-state index is -0.000599. The number of fused-ring (bicyclic) bond motifs is 1. The zero-order valence-electron chi connectivity index (χ0n) is 12.9. The SMILES string of the molecule is Cc1ccc2c(c1)c(C)c(C(=O)NC1CCCOC1)n2C. The van der Waals surface area contributed by atoms with Gasteiger partial charge in [-0.2, -0.15) is 0 Å². The molecular formula is C17H22N2O2. The third kappa shape index (κ3) is 2.56. The lowest BCUT2D eigenvalue weighted by Crippen LogP contribution is -2.41. The molecule has 112 valence electrons. The second-order valence-electron chi connectivity index (χ2n) is 5.94. The standard InChI is InChI=1S/C17H22N2O2/c1-11-6-7-15-14(9-11)12(2)16(19(15)3)17(20)18-13-5-4-8-21-10-13/h6-7,9,13H,4-5,8,10H2,1-3H3,(H,18,20). The van der Waals surface area contributed by atoms with E-state index in [1.54, 1.807) is 0 Å². The Morgan fingerprint density at radius 2 is 2.19 bits per heavy atom. The summed E-state index contributed by atoms with van der Waals surface area (Å²) in [5.74, 6) is -0.000599. The Hall–Kier alpha value is -1.81. The molecule has 1 saturated heterocycles. The van der Waals surface area contributed by atoms with Crippen molar-refractivity contribution in [1.82, 2.24) is 9.88 Å². The lowest BCUT2D eigenvalue weighted by atomic mass is 10.1. The molecule has 1 aromatic carbocycles. The van der Waals surface area contributed by atoms with Gasteiger partial charge in [0, 0.05) is 24.6 Å². The van der Waals surface area contributed by atoms with Gasteiger partial charge in [-0.1, -0.05) is 11.6 Å². The molecule has 4 nitrogen and oxygen atoms in total. The second-order valence-corrected chi connectivity index (χ2v) is 5.94. The number of nitrogens with one attached hydrogen (secondary N) is 1. The normalized spacial score (nSPS) is 18.9. The van der Waals surface area contributed by atoms with Gasteiger partial charge in [-0.25, -0.2) is 0 Å². The van der Waals surface area contributed by atoms with Gasteiger partial charge in [0.2, 0.25) is 0 Å². The van der Waals surface area contributed by atoms with E-state index in [1.165, 1.54) is 5.56 Å². The van der Waals surface area contributed by atoms with Crippen LogP contribution in [0.5, 0.6) is 0 Å². The highest BCUT2D eigenvalue weighted by atomic mass is 16.5. The highest BCUT2D eigenvalue weighted by Crippen LogP contribution is 2.25. The predicted octanol–water partition coefficient (Wildman–Crippen LogP) is 2.70. The van der Waals surface area contributed by atoms with Crippen LogP contribution in [0.2, 0.25) is 0 Å². The molecule has 3 rings (SSSR count). The Balaban J connectivity index is 1.94. The van der Waals surface area contributed by atoms with E-state index >= 15 is 0 Å². The van der Waals surface area contributed by atoms with Gasteiger partial charge in [0.15, 0.2) is 0 Å². The topological polar surface area (TPSA) is 43.3 Å². The number of hydrogen-bond acceptors (Lipinski definition) is 2. The summed E-state index contributed by atoms with van der Waals surface area (Å²) in [6, 6.07) is 6.44. The molecule has 0 radical (unpaired) electrons. The average molecular weight is 286 g/mol. The molecule has 1 N–H and O–H groups in total. The minimum absolute atomic E-state index is 0.000599. The Morgan fingerprint density at radius 3 is 2.90 bits per heavy atom. The summed E-state index contributed by atoms with van der Waals surface area (Å²) < 4.78 is 7.42.